The van der Waals surface area contributed by atoms with Crippen LogP contribution in [0, 0.1) is 17.0 Å². The molecule has 2 N–H and O–H groups in total. The zero-order valence-corrected chi connectivity index (χ0v) is 10.7. The van der Waals surface area contributed by atoms with Crippen molar-refractivity contribution < 1.29 is 4.92 Å². The summed E-state index contributed by atoms with van der Waals surface area (Å²) in [6.07, 6.45) is 1.57. The first-order chi connectivity index (χ1) is 8.66. The molecule has 7 nitrogen and oxygen atoms in total. The molecule has 96 valence electrons. The van der Waals surface area contributed by atoms with Gasteiger partial charge >= 0.3 is 5.69 Å². The number of hydrogen-bond acceptors (Lipinski definition) is 6. The highest BCUT2D eigenvalue weighted by molar-refractivity contribution is 7.14. The number of rotatable bonds is 6. The minimum absolute atomic E-state index is 0.133. The lowest BCUT2D eigenvalue weighted by atomic mass is 10.3. The van der Waals surface area contributed by atoms with Crippen molar-refractivity contribution >= 4 is 22.0 Å². The first-order valence-corrected chi connectivity index (χ1v) is 6.38. The molecule has 0 bridgehead atoms. The van der Waals surface area contributed by atoms with Crippen molar-refractivity contribution in [2.45, 2.75) is 19.8 Å². The van der Waals surface area contributed by atoms with Crippen molar-refractivity contribution in [1.82, 2.24) is 15.2 Å². The summed E-state index contributed by atoms with van der Waals surface area (Å²) in [6.45, 7) is 2.51. The van der Waals surface area contributed by atoms with E-state index in [-0.39, 0.29) is 10.6 Å². The summed E-state index contributed by atoms with van der Waals surface area (Å²) in [5.74, 6) is 1.57. The second kappa shape index (κ2) is 5.58. The van der Waals surface area contributed by atoms with Crippen LogP contribution in [0.4, 0.5) is 10.7 Å². The highest BCUT2D eigenvalue weighted by atomic mass is 32.1. The van der Waals surface area contributed by atoms with Crippen molar-refractivity contribution in [2.75, 3.05) is 11.9 Å². The molecule has 0 atom stereocenters. The standard InChI is InChI=1S/C10H13N5O2S/c1-7-12-9(14-13-7)3-2-5-11-10-8(15(16)17)4-6-18-10/h4,6,11H,2-3,5H2,1H3,(H,12,13,14). The number of aryl methyl sites for hydroxylation is 2. The second-order valence-corrected chi connectivity index (χ2v) is 4.68. The fraction of sp³-hybridized carbons (Fsp3) is 0.400. The van der Waals surface area contributed by atoms with E-state index in [4.69, 9.17) is 0 Å². The van der Waals surface area contributed by atoms with Gasteiger partial charge in [-0.25, -0.2) is 4.98 Å². The Bertz CT molecular complexity index is 536. The molecule has 18 heavy (non-hydrogen) atoms. The summed E-state index contributed by atoms with van der Waals surface area (Å²) in [7, 11) is 0. The van der Waals surface area contributed by atoms with E-state index in [0.717, 1.165) is 24.5 Å². The predicted octanol–water partition coefficient (Wildman–Crippen LogP) is 2.13. The monoisotopic (exact) mass is 267 g/mol. The Morgan fingerprint density at radius 2 is 2.44 bits per heavy atom. The van der Waals surface area contributed by atoms with E-state index in [2.05, 4.69) is 20.5 Å². The van der Waals surface area contributed by atoms with Crippen LogP contribution in [-0.4, -0.2) is 26.6 Å². The van der Waals surface area contributed by atoms with Gasteiger partial charge in [0.2, 0.25) is 0 Å². The third-order valence-electron chi connectivity index (χ3n) is 2.35. The van der Waals surface area contributed by atoms with Crippen LogP contribution in [0.3, 0.4) is 0 Å². The molecule has 0 fully saturated rings. The number of aromatic nitrogens is 3. The van der Waals surface area contributed by atoms with E-state index in [1.165, 1.54) is 17.4 Å². The average molecular weight is 267 g/mol. The predicted molar refractivity (Wildman–Crippen MR) is 68.9 cm³/mol. The van der Waals surface area contributed by atoms with E-state index in [0.29, 0.717) is 11.5 Å². The number of hydrogen-bond donors (Lipinski definition) is 2. The zero-order chi connectivity index (χ0) is 13.0. The van der Waals surface area contributed by atoms with Crippen molar-refractivity contribution in [3.05, 3.63) is 33.2 Å². The van der Waals surface area contributed by atoms with E-state index < -0.39 is 0 Å². The fourth-order valence-corrected chi connectivity index (χ4v) is 2.31. The van der Waals surface area contributed by atoms with Gasteiger partial charge in [-0.2, -0.15) is 5.10 Å². The van der Waals surface area contributed by atoms with Gasteiger partial charge in [0, 0.05) is 19.0 Å². The number of thiophene rings is 1. The molecule has 2 heterocycles. The van der Waals surface area contributed by atoms with Gasteiger partial charge in [-0.15, -0.1) is 11.3 Å². The lowest BCUT2D eigenvalue weighted by Crippen LogP contribution is -2.04. The summed E-state index contributed by atoms with van der Waals surface area (Å²) >= 11 is 1.34. The van der Waals surface area contributed by atoms with Crippen LogP contribution in [-0.2, 0) is 6.42 Å². The van der Waals surface area contributed by atoms with Crippen LogP contribution in [0.5, 0.6) is 0 Å². The molecule has 0 aromatic carbocycles. The van der Waals surface area contributed by atoms with Gasteiger partial charge in [-0.3, -0.25) is 15.2 Å². The number of anilines is 1. The molecule has 0 saturated carbocycles. The maximum atomic E-state index is 10.7. The SMILES string of the molecule is Cc1nc(CCCNc2sccc2[N+](=O)[O-])n[nH]1. The molecule has 0 aliphatic carbocycles. The quantitative estimate of drug-likeness (QED) is 0.474. The molecular weight excluding hydrogens is 254 g/mol. The Hall–Kier alpha value is -1.96. The number of nitrogens with zero attached hydrogens (tertiary/aromatic N) is 3. The van der Waals surface area contributed by atoms with Crippen LogP contribution in [0.25, 0.3) is 0 Å². The van der Waals surface area contributed by atoms with Crippen LogP contribution in [0.15, 0.2) is 11.4 Å². The number of aromatic amines is 1. The normalized spacial score (nSPS) is 10.5. The summed E-state index contributed by atoms with van der Waals surface area (Å²) in [4.78, 5) is 14.5. The largest absolute Gasteiger partial charge is 0.371 e. The van der Waals surface area contributed by atoms with E-state index in [1.807, 2.05) is 6.92 Å². The topological polar surface area (TPSA) is 96.7 Å². The maximum absolute atomic E-state index is 10.7. The highest BCUT2D eigenvalue weighted by Crippen LogP contribution is 2.30. The molecule has 0 radical (unpaired) electrons. The molecule has 2 aromatic heterocycles. The smallest absolute Gasteiger partial charge is 0.303 e. The molecule has 0 aliphatic rings. The third kappa shape index (κ3) is 3.04. The van der Waals surface area contributed by atoms with Crippen LogP contribution in [0.1, 0.15) is 18.1 Å². The summed E-state index contributed by atoms with van der Waals surface area (Å²) in [5.41, 5.74) is 0.133. The molecule has 0 unspecified atom stereocenters. The van der Waals surface area contributed by atoms with Gasteiger partial charge in [0.1, 0.15) is 5.82 Å². The number of nitro groups is 1. The van der Waals surface area contributed by atoms with Gasteiger partial charge < -0.3 is 5.32 Å². The highest BCUT2D eigenvalue weighted by Gasteiger charge is 2.14. The maximum Gasteiger partial charge on any atom is 0.303 e. The van der Waals surface area contributed by atoms with Gasteiger partial charge in [0.25, 0.3) is 0 Å². The Morgan fingerprint density at radius 3 is 3.11 bits per heavy atom. The molecule has 8 heteroatoms. The van der Waals surface area contributed by atoms with Crippen LogP contribution >= 0.6 is 11.3 Å². The van der Waals surface area contributed by atoms with Gasteiger partial charge in [-0.1, -0.05) is 0 Å². The van der Waals surface area contributed by atoms with E-state index in [1.54, 1.807) is 5.38 Å². The summed E-state index contributed by atoms with van der Waals surface area (Å²) in [5, 5.41) is 22.9. The van der Waals surface area contributed by atoms with Crippen molar-refractivity contribution in [3.63, 3.8) is 0 Å². The zero-order valence-electron chi connectivity index (χ0n) is 9.84. The average Bonchev–Trinajstić information content (AvgIpc) is 2.93. The lowest BCUT2D eigenvalue weighted by molar-refractivity contribution is -0.383. The first-order valence-electron chi connectivity index (χ1n) is 5.50. The second-order valence-electron chi connectivity index (χ2n) is 3.76. The fourth-order valence-electron chi connectivity index (χ4n) is 1.53. The first kappa shape index (κ1) is 12.5. The molecule has 0 amide bonds. The lowest BCUT2D eigenvalue weighted by Gasteiger charge is -2.01. The van der Waals surface area contributed by atoms with Crippen molar-refractivity contribution in [1.29, 1.82) is 0 Å². The van der Waals surface area contributed by atoms with Gasteiger partial charge in [-0.05, 0) is 18.7 Å². The van der Waals surface area contributed by atoms with Crippen LogP contribution < -0.4 is 5.32 Å². The molecular formula is C10H13N5O2S. The third-order valence-corrected chi connectivity index (χ3v) is 3.21. The van der Waals surface area contributed by atoms with Crippen molar-refractivity contribution in [2.24, 2.45) is 0 Å². The molecule has 2 aromatic rings. The van der Waals surface area contributed by atoms with Crippen molar-refractivity contribution in [3.8, 4) is 0 Å². The summed E-state index contributed by atoms with van der Waals surface area (Å²) < 4.78 is 0. The molecule has 2 rings (SSSR count). The van der Waals surface area contributed by atoms with E-state index >= 15 is 0 Å². The van der Waals surface area contributed by atoms with E-state index in [9.17, 15) is 10.1 Å². The van der Waals surface area contributed by atoms with Gasteiger partial charge in [0.15, 0.2) is 10.8 Å². The Labute approximate surface area is 107 Å². The molecule has 0 saturated heterocycles. The summed E-state index contributed by atoms with van der Waals surface area (Å²) in [6, 6.07) is 1.51. The minimum atomic E-state index is -0.378. The Morgan fingerprint density at radius 1 is 1.61 bits per heavy atom. The van der Waals surface area contributed by atoms with Gasteiger partial charge in [0.05, 0.1) is 4.92 Å². The number of nitrogens with one attached hydrogen (secondary N) is 2. The molecule has 0 aliphatic heterocycles. The minimum Gasteiger partial charge on any atom is -0.371 e. The molecule has 0 spiro atoms. The number of H-pyrrole nitrogens is 1. The Balaban J connectivity index is 1.78. The Kier molecular flexibility index (Phi) is 3.88. The van der Waals surface area contributed by atoms with Crippen LogP contribution in [0.2, 0.25) is 0 Å².